The third-order valence-corrected chi connectivity index (χ3v) is 12.0. The lowest BCUT2D eigenvalue weighted by atomic mass is 10.0. The second-order valence-electron chi connectivity index (χ2n) is 19.1. The minimum Gasteiger partial charge on any atom is -0.544 e. The van der Waals surface area contributed by atoms with E-state index in [0.717, 1.165) is 64.2 Å². The summed E-state index contributed by atoms with van der Waals surface area (Å²) < 4.78 is 17.3. The number of carboxylic acid groups (broad SMARTS) is 1. The van der Waals surface area contributed by atoms with Crippen molar-refractivity contribution in [2.24, 2.45) is 0 Å². The van der Waals surface area contributed by atoms with E-state index in [-0.39, 0.29) is 42.7 Å². The molecule has 63 heavy (non-hydrogen) atoms. The fourth-order valence-electron chi connectivity index (χ4n) is 7.93. The molecule has 0 saturated carbocycles. The molecule has 0 radical (unpaired) electrons. The lowest BCUT2D eigenvalue weighted by molar-refractivity contribution is -0.889. The molecule has 0 spiro atoms. The summed E-state index contributed by atoms with van der Waals surface area (Å²) in [6, 6.07) is -0.726. The van der Waals surface area contributed by atoms with E-state index in [1.54, 1.807) is 0 Å². The van der Waals surface area contributed by atoms with Gasteiger partial charge in [-0.15, -0.1) is 0 Å². The normalized spacial score (nSPS) is 13.1. The molecule has 0 N–H and O–H groups in total. The highest BCUT2D eigenvalue weighted by molar-refractivity contribution is 5.70. The van der Waals surface area contributed by atoms with Gasteiger partial charge in [0.25, 0.3) is 0 Å². The van der Waals surface area contributed by atoms with Gasteiger partial charge in [0.15, 0.2) is 6.10 Å². The highest BCUT2D eigenvalue weighted by Gasteiger charge is 2.25. The van der Waals surface area contributed by atoms with Gasteiger partial charge in [0.05, 0.1) is 40.3 Å². The Hall–Kier alpha value is -2.45. The first kappa shape index (κ1) is 60.5. The maximum atomic E-state index is 12.8. The number of hydrogen-bond acceptors (Lipinski definition) is 7. The molecule has 0 saturated heterocycles. The van der Waals surface area contributed by atoms with E-state index < -0.39 is 18.1 Å². The second kappa shape index (κ2) is 46.1. The lowest BCUT2D eigenvalue weighted by Crippen LogP contribution is -2.55. The smallest absolute Gasteiger partial charge is 0.306 e. The Morgan fingerprint density at radius 3 is 1.32 bits per heavy atom. The Morgan fingerprint density at radius 2 is 0.889 bits per heavy atom. The molecule has 2 unspecified atom stereocenters. The summed E-state index contributed by atoms with van der Waals surface area (Å²) in [5.41, 5.74) is 0. The van der Waals surface area contributed by atoms with Gasteiger partial charge in [0, 0.05) is 19.3 Å². The number of carboxylic acids is 1. The number of allylic oxidation sites excluding steroid dienone is 6. The Bertz CT molecular complexity index is 1130. The SMILES string of the molecule is CC/C=C/C/C=C/CCCCCCCCCCCCCCCCC(=O)OC(COCCC(C(=O)[O-])[N+](C)(C)C)COC(=O)CCCCCCC/C=C/CCCCCCCCCCC. The van der Waals surface area contributed by atoms with Crippen LogP contribution in [0.5, 0.6) is 0 Å². The minimum absolute atomic E-state index is 0.0407. The summed E-state index contributed by atoms with van der Waals surface area (Å²) in [6.45, 7) is 4.59. The highest BCUT2D eigenvalue weighted by atomic mass is 16.6. The van der Waals surface area contributed by atoms with E-state index in [4.69, 9.17) is 14.2 Å². The van der Waals surface area contributed by atoms with E-state index in [0.29, 0.717) is 12.8 Å². The van der Waals surface area contributed by atoms with Gasteiger partial charge in [-0.25, -0.2) is 0 Å². The molecule has 0 amide bonds. The molecule has 0 aromatic heterocycles. The van der Waals surface area contributed by atoms with Crippen LogP contribution >= 0.6 is 0 Å². The van der Waals surface area contributed by atoms with Crippen LogP contribution in [0.15, 0.2) is 36.5 Å². The molecule has 368 valence electrons. The first-order valence-electron chi connectivity index (χ1n) is 26.5. The van der Waals surface area contributed by atoms with Crippen molar-refractivity contribution in [1.82, 2.24) is 0 Å². The summed E-state index contributed by atoms with van der Waals surface area (Å²) in [4.78, 5) is 37.1. The van der Waals surface area contributed by atoms with Gasteiger partial charge >= 0.3 is 11.9 Å². The number of carbonyl (C=O) groups excluding carboxylic acids is 3. The van der Waals surface area contributed by atoms with Crippen LogP contribution in [0.3, 0.4) is 0 Å². The zero-order valence-electron chi connectivity index (χ0n) is 42.0. The number of nitrogens with zero attached hydrogens (tertiary/aromatic N) is 1. The Kier molecular flexibility index (Phi) is 44.3. The quantitative estimate of drug-likeness (QED) is 0.0259. The molecular formula is C55H101NO7. The molecule has 0 aromatic carbocycles. The molecule has 0 aliphatic heterocycles. The number of esters is 2. The van der Waals surface area contributed by atoms with Crippen molar-refractivity contribution < 1.29 is 38.2 Å². The third-order valence-electron chi connectivity index (χ3n) is 12.0. The third kappa shape index (κ3) is 44.5. The number of aliphatic carboxylic acids is 1. The number of carbonyl (C=O) groups is 3. The van der Waals surface area contributed by atoms with Crippen LogP contribution in [0.1, 0.15) is 245 Å². The molecule has 8 heteroatoms. The summed E-state index contributed by atoms with van der Waals surface area (Å²) in [6.07, 6.45) is 54.6. The fraction of sp³-hybridized carbons (Fsp3) is 0.836. The van der Waals surface area contributed by atoms with Crippen LogP contribution in [0.25, 0.3) is 0 Å². The van der Waals surface area contributed by atoms with Crippen molar-refractivity contribution in [3.8, 4) is 0 Å². The van der Waals surface area contributed by atoms with Crippen molar-refractivity contribution in [2.75, 3.05) is 41.0 Å². The number of hydrogen-bond donors (Lipinski definition) is 0. The Labute approximate surface area is 389 Å². The van der Waals surface area contributed by atoms with Crippen LogP contribution < -0.4 is 5.11 Å². The molecule has 0 heterocycles. The molecule has 2 atom stereocenters. The standard InChI is InChI=1S/C55H101NO7/c1-6-8-10-12-14-16-18-20-22-24-26-27-28-30-32-34-36-38-40-42-44-46-54(58)63-51(49-61-48-47-52(55(59)60)56(3,4)5)50-62-53(57)45-43-41-39-37-35-33-31-29-25-23-21-19-17-15-13-11-9-7-2/h8,10,14,16,29,31,51-52H,6-7,9,11-13,15,17-28,30,32-50H2,1-5H3/b10-8+,16-14+,31-29+. The molecule has 0 aliphatic carbocycles. The van der Waals surface area contributed by atoms with E-state index in [1.165, 1.54) is 148 Å². The van der Waals surface area contributed by atoms with Crippen LogP contribution in [0.4, 0.5) is 0 Å². The average Bonchev–Trinajstić information content (AvgIpc) is 3.24. The minimum atomic E-state index is -1.12. The predicted octanol–water partition coefficient (Wildman–Crippen LogP) is 14.0. The second-order valence-corrected chi connectivity index (χ2v) is 19.1. The van der Waals surface area contributed by atoms with Crippen LogP contribution in [0.2, 0.25) is 0 Å². The Morgan fingerprint density at radius 1 is 0.492 bits per heavy atom. The molecule has 0 fully saturated rings. The zero-order valence-corrected chi connectivity index (χ0v) is 42.0. The summed E-state index contributed by atoms with van der Waals surface area (Å²) in [5.74, 6) is -1.73. The van der Waals surface area contributed by atoms with Crippen molar-refractivity contribution in [3.05, 3.63) is 36.5 Å². The maximum Gasteiger partial charge on any atom is 0.306 e. The Balaban J connectivity index is 4.21. The number of rotatable bonds is 48. The molecular weight excluding hydrogens is 787 g/mol. The predicted molar refractivity (Wildman–Crippen MR) is 263 cm³/mol. The zero-order chi connectivity index (χ0) is 46.3. The van der Waals surface area contributed by atoms with Crippen molar-refractivity contribution >= 4 is 17.9 Å². The number of quaternary nitrogens is 1. The first-order valence-corrected chi connectivity index (χ1v) is 26.5. The van der Waals surface area contributed by atoms with Gasteiger partial charge < -0.3 is 28.6 Å². The fourth-order valence-corrected chi connectivity index (χ4v) is 7.93. The highest BCUT2D eigenvalue weighted by Crippen LogP contribution is 2.16. The van der Waals surface area contributed by atoms with Gasteiger partial charge in [0.1, 0.15) is 12.6 Å². The van der Waals surface area contributed by atoms with Gasteiger partial charge in [0.2, 0.25) is 0 Å². The van der Waals surface area contributed by atoms with Crippen LogP contribution in [0, 0.1) is 0 Å². The number of ether oxygens (including phenoxy) is 3. The molecule has 8 nitrogen and oxygen atoms in total. The molecule has 0 aliphatic rings. The monoisotopic (exact) mass is 888 g/mol. The number of unbranched alkanes of at least 4 members (excludes halogenated alkanes) is 28. The topological polar surface area (TPSA) is 102 Å². The summed E-state index contributed by atoms with van der Waals surface area (Å²) in [5, 5.41) is 11.7. The van der Waals surface area contributed by atoms with Crippen molar-refractivity contribution in [3.63, 3.8) is 0 Å². The first-order chi connectivity index (χ1) is 30.6. The van der Waals surface area contributed by atoms with Crippen LogP contribution in [-0.4, -0.2) is 75.5 Å². The summed E-state index contributed by atoms with van der Waals surface area (Å²) >= 11 is 0. The van der Waals surface area contributed by atoms with E-state index >= 15 is 0 Å². The molecule has 0 rings (SSSR count). The number of likely N-dealkylation sites (N-methyl/N-ethyl adjacent to an activating group) is 1. The van der Waals surface area contributed by atoms with Crippen molar-refractivity contribution in [1.29, 1.82) is 0 Å². The van der Waals surface area contributed by atoms with Crippen molar-refractivity contribution in [2.45, 2.75) is 257 Å². The van der Waals surface area contributed by atoms with Gasteiger partial charge in [-0.3, -0.25) is 9.59 Å². The maximum absolute atomic E-state index is 12.8. The van der Waals surface area contributed by atoms with Gasteiger partial charge in [-0.1, -0.05) is 198 Å². The van der Waals surface area contributed by atoms with Crippen LogP contribution in [-0.2, 0) is 28.6 Å². The largest absolute Gasteiger partial charge is 0.544 e. The summed E-state index contributed by atoms with van der Waals surface area (Å²) in [7, 11) is 5.42. The van der Waals surface area contributed by atoms with E-state index in [1.807, 2.05) is 21.1 Å². The van der Waals surface area contributed by atoms with Gasteiger partial charge in [-0.2, -0.15) is 0 Å². The molecule has 0 aromatic rings. The lowest BCUT2D eigenvalue weighted by Gasteiger charge is -2.34. The molecule has 0 bridgehead atoms. The van der Waals surface area contributed by atoms with E-state index in [9.17, 15) is 19.5 Å². The average molecular weight is 888 g/mol. The van der Waals surface area contributed by atoms with Gasteiger partial charge in [-0.05, 0) is 64.2 Å². The van der Waals surface area contributed by atoms with E-state index in [2.05, 4.69) is 50.3 Å².